The number of sulfonamides is 1. The predicted octanol–water partition coefficient (Wildman–Crippen LogP) is 3.22. The van der Waals surface area contributed by atoms with E-state index in [0.717, 1.165) is 12.1 Å². The van der Waals surface area contributed by atoms with Gasteiger partial charge in [-0.1, -0.05) is 25.4 Å². The smallest absolute Gasteiger partial charge is 0.306 e. The molecule has 0 aromatic heterocycles. The van der Waals surface area contributed by atoms with Gasteiger partial charge in [-0.2, -0.15) is 18.4 Å². The summed E-state index contributed by atoms with van der Waals surface area (Å²) in [5.41, 5.74) is -1.09. The number of nitriles is 1. The molecule has 138 valence electrons. The number of benzene rings is 1. The topological polar surface area (TPSA) is 73.2 Å². The fourth-order valence-corrected chi connectivity index (χ4v) is 4.63. The van der Waals surface area contributed by atoms with E-state index in [4.69, 9.17) is 16.9 Å². The second-order valence-corrected chi connectivity index (χ2v) is 8.35. The summed E-state index contributed by atoms with van der Waals surface area (Å²) in [4.78, 5) is 0.853. The summed E-state index contributed by atoms with van der Waals surface area (Å²) in [7, 11) is -4.26. The number of hydrogen-bond acceptors (Lipinski definition) is 4. The molecule has 1 heterocycles. The van der Waals surface area contributed by atoms with Crippen molar-refractivity contribution in [3.8, 4) is 6.19 Å². The molecule has 1 saturated heterocycles. The molecule has 0 bridgehead atoms. The Bertz CT molecular complexity index is 790. The van der Waals surface area contributed by atoms with Crippen molar-refractivity contribution in [1.29, 1.82) is 5.26 Å². The third-order valence-corrected chi connectivity index (χ3v) is 6.11. The first kappa shape index (κ1) is 19.8. The lowest BCUT2D eigenvalue weighted by Gasteiger charge is -2.21. The van der Waals surface area contributed by atoms with Crippen molar-refractivity contribution >= 4 is 21.6 Å². The van der Waals surface area contributed by atoms with Crippen LogP contribution in [0.5, 0.6) is 0 Å². The highest BCUT2D eigenvalue weighted by Crippen LogP contribution is 2.34. The van der Waals surface area contributed by atoms with Gasteiger partial charge in [-0.3, -0.25) is 0 Å². The van der Waals surface area contributed by atoms with Gasteiger partial charge in [0.2, 0.25) is 10.0 Å². The highest BCUT2D eigenvalue weighted by Gasteiger charge is 2.37. The molecule has 10 heteroatoms. The summed E-state index contributed by atoms with van der Waals surface area (Å²) in [5.74, 6) is 0.131. The van der Waals surface area contributed by atoms with E-state index in [1.807, 2.05) is 20.0 Å². The second kappa shape index (κ2) is 7.02. The van der Waals surface area contributed by atoms with E-state index in [2.05, 4.69) is 4.72 Å². The lowest BCUT2D eigenvalue weighted by atomic mass is 10.0. The Morgan fingerprint density at radius 3 is 2.52 bits per heavy atom. The number of nitrogens with one attached hydrogen (secondary N) is 1. The Morgan fingerprint density at radius 1 is 1.40 bits per heavy atom. The molecule has 25 heavy (non-hydrogen) atoms. The van der Waals surface area contributed by atoms with E-state index in [-0.39, 0.29) is 23.5 Å². The monoisotopic (exact) mass is 395 g/mol. The van der Waals surface area contributed by atoms with Crippen LogP contribution in [0.15, 0.2) is 23.1 Å². The van der Waals surface area contributed by atoms with Crippen LogP contribution in [0.3, 0.4) is 0 Å². The van der Waals surface area contributed by atoms with Crippen molar-refractivity contribution in [2.45, 2.75) is 43.4 Å². The maximum atomic E-state index is 12.8. The zero-order chi connectivity index (χ0) is 19.0. The number of hydrogen-bond donors (Lipinski definition) is 1. The van der Waals surface area contributed by atoms with Crippen LogP contribution in [-0.4, -0.2) is 31.9 Å². The Balaban J connectivity index is 2.28. The SMILES string of the molecule is CC(C)[C@H]1C[C@@H](NS(=O)(=O)c2cc(C(F)(F)F)ccc2Cl)CN1C#N. The Kier molecular flexibility index (Phi) is 5.56. The third kappa shape index (κ3) is 4.37. The molecule has 1 N–H and O–H groups in total. The molecule has 1 aromatic rings. The summed E-state index contributed by atoms with van der Waals surface area (Å²) in [6.07, 6.45) is -2.27. The minimum absolute atomic E-state index is 0.130. The largest absolute Gasteiger partial charge is 0.416 e. The van der Waals surface area contributed by atoms with Gasteiger partial charge in [0.1, 0.15) is 4.90 Å². The molecular formula is C15H17ClF3N3O2S. The van der Waals surface area contributed by atoms with Crippen molar-refractivity contribution in [3.05, 3.63) is 28.8 Å². The van der Waals surface area contributed by atoms with Gasteiger partial charge in [-0.15, -0.1) is 0 Å². The van der Waals surface area contributed by atoms with Crippen LogP contribution >= 0.6 is 11.6 Å². The standard InChI is InChI=1S/C15H17ClF3N3O2S/c1-9(2)13-6-11(7-22(13)8-20)21-25(23,24)14-5-10(15(17,18)19)3-4-12(14)16/h3-5,9,11,13,21H,6-7H2,1-2H3/t11-,13-/m1/s1. The van der Waals surface area contributed by atoms with E-state index in [1.54, 1.807) is 0 Å². The number of rotatable bonds is 4. The zero-order valence-corrected chi connectivity index (χ0v) is 15.1. The molecule has 0 saturated carbocycles. The number of nitrogens with zero attached hydrogens (tertiary/aromatic N) is 2. The van der Waals surface area contributed by atoms with Crippen molar-refractivity contribution in [1.82, 2.24) is 9.62 Å². The van der Waals surface area contributed by atoms with Crippen molar-refractivity contribution in [3.63, 3.8) is 0 Å². The van der Waals surface area contributed by atoms with Gasteiger partial charge in [-0.05, 0) is 30.5 Å². The molecule has 2 rings (SSSR count). The van der Waals surface area contributed by atoms with Crippen LogP contribution < -0.4 is 4.72 Å². The van der Waals surface area contributed by atoms with E-state index in [1.165, 1.54) is 4.90 Å². The van der Waals surface area contributed by atoms with E-state index in [9.17, 15) is 21.6 Å². The Morgan fingerprint density at radius 2 is 2.04 bits per heavy atom. The summed E-state index contributed by atoms with van der Waals surface area (Å²) >= 11 is 5.80. The van der Waals surface area contributed by atoms with Gasteiger partial charge < -0.3 is 4.90 Å². The number of alkyl halides is 3. The first-order valence-electron chi connectivity index (χ1n) is 7.51. The third-order valence-electron chi connectivity index (χ3n) is 4.11. The van der Waals surface area contributed by atoms with Gasteiger partial charge in [-0.25, -0.2) is 13.1 Å². The lowest BCUT2D eigenvalue weighted by Crippen LogP contribution is -2.36. The summed E-state index contributed by atoms with van der Waals surface area (Å²) < 4.78 is 65.8. The minimum Gasteiger partial charge on any atom is -0.306 e. The predicted molar refractivity (Wildman–Crippen MR) is 86.1 cm³/mol. The van der Waals surface area contributed by atoms with Gasteiger partial charge in [0.05, 0.1) is 10.6 Å². The van der Waals surface area contributed by atoms with E-state index < -0.39 is 32.7 Å². The van der Waals surface area contributed by atoms with Gasteiger partial charge >= 0.3 is 6.18 Å². The van der Waals surface area contributed by atoms with Crippen LogP contribution in [0.4, 0.5) is 13.2 Å². The zero-order valence-electron chi connectivity index (χ0n) is 13.5. The van der Waals surface area contributed by atoms with Crippen LogP contribution in [0.2, 0.25) is 5.02 Å². The maximum Gasteiger partial charge on any atom is 0.416 e. The molecule has 5 nitrogen and oxygen atoms in total. The second-order valence-electron chi connectivity index (χ2n) is 6.26. The summed E-state index contributed by atoms with van der Waals surface area (Å²) in [6, 6.07) is 1.44. The number of likely N-dealkylation sites (tertiary alicyclic amines) is 1. The van der Waals surface area contributed by atoms with Gasteiger partial charge in [0, 0.05) is 18.6 Å². The normalized spacial score (nSPS) is 21.6. The molecular weight excluding hydrogens is 379 g/mol. The quantitative estimate of drug-likeness (QED) is 0.794. The Hall–Kier alpha value is -1.50. The van der Waals surface area contributed by atoms with Crippen molar-refractivity contribution in [2.75, 3.05) is 6.54 Å². The molecule has 0 spiro atoms. The van der Waals surface area contributed by atoms with Crippen molar-refractivity contribution < 1.29 is 21.6 Å². The highest BCUT2D eigenvalue weighted by atomic mass is 35.5. The fraction of sp³-hybridized carbons (Fsp3) is 0.533. The van der Waals surface area contributed by atoms with Crippen LogP contribution in [0.1, 0.15) is 25.8 Å². The van der Waals surface area contributed by atoms with Crippen LogP contribution in [0.25, 0.3) is 0 Å². The molecule has 0 unspecified atom stereocenters. The lowest BCUT2D eigenvalue weighted by molar-refractivity contribution is -0.137. The van der Waals surface area contributed by atoms with E-state index >= 15 is 0 Å². The van der Waals surface area contributed by atoms with Crippen LogP contribution in [0, 0.1) is 17.4 Å². The molecule has 0 amide bonds. The van der Waals surface area contributed by atoms with Gasteiger partial charge in [0.25, 0.3) is 0 Å². The molecule has 1 fully saturated rings. The Labute approximate surface area is 149 Å². The first-order valence-corrected chi connectivity index (χ1v) is 9.37. The highest BCUT2D eigenvalue weighted by molar-refractivity contribution is 7.89. The van der Waals surface area contributed by atoms with E-state index in [0.29, 0.717) is 12.5 Å². The maximum absolute atomic E-state index is 12.8. The summed E-state index contributed by atoms with van der Waals surface area (Å²) in [6.45, 7) is 3.99. The molecule has 0 aliphatic carbocycles. The molecule has 1 aliphatic heterocycles. The molecule has 2 atom stereocenters. The molecule has 0 radical (unpaired) electrons. The van der Waals surface area contributed by atoms with Crippen LogP contribution in [-0.2, 0) is 16.2 Å². The summed E-state index contributed by atoms with van der Waals surface area (Å²) in [5, 5.41) is 8.85. The molecule has 1 aliphatic rings. The fourth-order valence-electron chi connectivity index (χ4n) is 2.87. The minimum atomic E-state index is -4.68. The average molecular weight is 396 g/mol. The van der Waals surface area contributed by atoms with Crippen molar-refractivity contribution in [2.24, 2.45) is 5.92 Å². The first-order chi connectivity index (χ1) is 11.5. The van der Waals surface area contributed by atoms with Gasteiger partial charge in [0.15, 0.2) is 6.19 Å². The molecule has 1 aromatic carbocycles. The average Bonchev–Trinajstić information content (AvgIpc) is 2.88. The number of halogens is 4.